The Labute approximate surface area is 184 Å². The number of carbonyl (C=O) groups is 3. The van der Waals surface area contributed by atoms with Crippen LogP contribution in [-0.4, -0.2) is 46.4 Å². The van der Waals surface area contributed by atoms with Gasteiger partial charge in [0, 0.05) is 30.0 Å². The second kappa shape index (κ2) is 7.96. The molecule has 0 radical (unpaired) electrons. The maximum absolute atomic E-state index is 12.7. The molecule has 31 heavy (non-hydrogen) atoms. The number of aromatic nitrogens is 1. The largest absolute Gasteiger partial charge is 0.362 e. The zero-order chi connectivity index (χ0) is 21.4. The van der Waals surface area contributed by atoms with Crippen molar-refractivity contribution in [2.24, 2.45) is 0 Å². The number of benzene rings is 1. The monoisotopic (exact) mass is 439 g/mol. The van der Waals surface area contributed by atoms with E-state index in [1.165, 1.54) is 22.6 Å². The Kier molecular flexibility index (Phi) is 5.13. The van der Waals surface area contributed by atoms with Crippen LogP contribution in [0.15, 0.2) is 24.3 Å². The van der Waals surface area contributed by atoms with Crippen molar-refractivity contribution in [2.45, 2.75) is 50.6 Å². The molecule has 1 spiro atoms. The maximum Gasteiger partial charge on any atom is 0.255 e. The predicted octanol–water partition coefficient (Wildman–Crippen LogP) is 2.52. The third kappa shape index (κ3) is 4.01. The van der Waals surface area contributed by atoms with E-state index in [2.05, 4.69) is 20.9 Å². The molecule has 1 aromatic heterocycles. The molecule has 0 bridgehead atoms. The highest BCUT2D eigenvalue weighted by Gasteiger charge is 2.40. The normalized spacial score (nSPS) is 22.8. The van der Waals surface area contributed by atoms with Gasteiger partial charge in [-0.15, -0.1) is 11.3 Å². The SMILES string of the molecule is O=C(CN1CCC2(CCC1=O)NC(=O)c1ccccc1N2)Nc1nc2c(s1)CCCC2. The van der Waals surface area contributed by atoms with E-state index in [1.807, 2.05) is 18.2 Å². The number of aryl methyl sites for hydroxylation is 2. The third-order valence-electron chi connectivity index (χ3n) is 6.25. The van der Waals surface area contributed by atoms with Crippen molar-refractivity contribution in [3.8, 4) is 0 Å². The van der Waals surface area contributed by atoms with Gasteiger partial charge in [-0.05, 0) is 44.2 Å². The van der Waals surface area contributed by atoms with Gasteiger partial charge >= 0.3 is 0 Å². The fourth-order valence-electron chi connectivity index (χ4n) is 4.57. The summed E-state index contributed by atoms with van der Waals surface area (Å²) in [5.74, 6) is -0.456. The van der Waals surface area contributed by atoms with Gasteiger partial charge in [0.2, 0.25) is 11.8 Å². The van der Waals surface area contributed by atoms with Gasteiger partial charge in [0.1, 0.15) is 5.66 Å². The molecule has 3 N–H and O–H groups in total. The lowest BCUT2D eigenvalue weighted by Gasteiger charge is -2.39. The van der Waals surface area contributed by atoms with Crippen LogP contribution in [0.5, 0.6) is 0 Å². The first-order valence-corrected chi connectivity index (χ1v) is 11.6. The fraction of sp³-hybridized carbons (Fsp3) is 0.455. The van der Waals surface area contributed by atoms with E-state index in [0.29, 0.717) is 30.1 Å². The molecule has 5 rings (SSSR count). The number of hydrogen-bond acceptors (Lipinski definition) is 6. The molecule has 3 aliphatic rings. The molecule has 9 heteroatoms. The number of anilines is 2. The smallest absolute Gasteiger partial charge is 0.255 e. The molecule has 1 saturated heterocycles. The summed E-state index contributed by atoms with van der Waals surface area (Å²) in [5.41, 5.74) is 1.79. The number of nitrogens with zero attached hydrogens (tertiary/aromatic N) is 2. The molecular weight excluding hydrogens is 414 g/mol. The lowest BCUT2D eigenvalue weighted by atomic mass is 9.95. The lowest BCUT2D eigenvalue weighted by molar-refractivity contribution is -0.134. The molecule has 3 heterocycles. The Morgan fingerprint density at radius 2 is 1.97 bits per heavy atom. The van der Waals surface area contributed by atoms with Crippen LogP contribution in [0, 0.1) is 0 Å². The van der Waals surface area contributed by atoms with Crippen molar-refractivity contribution in [1.82, 2.24) is 15.2 Å². The van der Waals surface area contributed by atoms with Crippen molar-refractivity contribution >= 4 is 39.9 Å². The minimum atomic E-state index is -0.680. The van der Waals surface area contributed by atoms with E-state index in [-0.39, 0.29) is 30.7 Å². The second-order valence-electron chi connectivity index (χ2n) is 8.42. The molecule has 1 aliphatic carbocycles. The van der Waals surface area contributed by atoms with Crippen LogP contribution in [0.4, 0.5) is 10.8 Å². The highest BCUT2D eigenvalue weighted by Crippen LogP contribution is 2.32. The molecule has 3 amide bonds. The van der Waals surface area contributed by atoms with Crippen LogP contribution in [0.25, 0.3) is 0 Å². The number of para-hydroxylation sites is 1. The number of carbonyl (C=O) groups excluding carboxylic acids is 3. The number of thiazole rings is 1. The molecular formula is C22H25N5O3S. The summed E-state index contributed by atoms with van der Waals surface area (Å²) in [6.45, 7) is 0.375. The first-order valence-electron chi connectivity index (χ1n) is 10.8. The van der Waals surface area contributed by atoms with E-state index in [9.17, 15) is 14.4 Å². The Balaban J connectivity index is 1.24. The Hall–Kier alpha value is -2.94. The molecule has 2 aromatic rings. The highest BCUT2D eigenvalue weighted by atomic mass is 32.1. The second-order valence-corrected chi connectivity index (χ2v) is 9.50. The van der Waals surface area contributed by atoms with Gasteiger partial charge in [0.25, 0.3) is 5.91 Å². The van der Waals surface area contributed by atoms with Crippen molar-refractivity contribution in [1.29, 1.82) is 0 Å². The Bertz CT molecular complexity index is 1030. The predicted molar refractivity (Wildman–Crippen MR) is 118 cm³/mol. The van der Waals surface area contributed by atoms with E-state index in [1.54, 1.807) is 11.0 Å². The van der Waals surface area contributed by atoms with E-state index in [4.69, 9.17) is 0 Å². The van der Waals surface area contributed by atoms with E-state index in [0.717, 1.165) is 30.6 Å². The summed E-state index contributed by atoms with van der Waals surface area (Å²) in [6, 6.07) is 7.36. The number of hydrogen-bond donors (Lipinski definition) is 3. The summed E-state index contributed by atoms with van der Waals surface area (Å²) in [4.78, 5) is 45.3. The van der Waals surface area contributed by atoms with Gasteiger partial charge in [-0.2, -0.15) is 0 Å². The highest BCUT2D eigenvalue weighted by molar-refractivity contribution is 7.15. The number of amides is 3. The Morgan fingerprint density at radius 3 is 2.84 bits per heavy atom. The standard InChI is InChI=1S/C22H25N5O3S/c28-18(24-21-23-16-7-3-4-8-17(16)31-21)13-27-12-11-22(10-9-19(27)29)25-15-6-2-1-5-14(15)20(30)26-22/h1-2,5-6,25H,3-4,7-13H2,(H,26,30)(H,23,24,28). The number of nitrogens with one attached hydrogen (secondary N) is 3. The number of likely N-dealkylation sites (tertiary alicyclic amines) is 1. The molecule has 162 valence electrons. The zero-order valence-electron chi connectivity index (χ0n) is 17.2. The van der Waals surface area contributed by atoms with Crippen LogP contribution >= 0.6 is 11.3 Å². The molecule has 2 aliphatic heterocycles. The molecule has 1 fully saturated rings. The molecule has 1 unspecified atom stereocenters. The molecule has 1 aromatic carbocycles. The average Bonchev–Trinajstić information content (AvgIpc) is 3.11. The topological polar surface area (TPSA) is 103 Å². The third-order valence-corrected chi connectivity index (χ3v) is 7.32. The van der Waals surface area contributed by atoms with Crippen molar-refractivity contribution in [2.75, 3.05) is 23.7 Å². The summed E-state index contributed by atoms with van der Waals surface area (Å²) in [7, 11) is 0. The van der Waals surface area contributed by atoms with Crippen LogP contribution in [0.1, 0.15) is 53.0 Å². The first-order chi connectivity index (χ1) is 15.0. The van der Waals surface area contributed by atoms with Gasteiger partial charge in [0.15, 0.2) is 5.13 Å². The Morgan fingerprint density at radius 1 is 1.13 bits per heavy atom. The quantitative estimate of drug-likeness (QED) is 0.682. The van der Waals surface area contributed by atoms with Crippen molar-refractivity contribution < 1.29 is 14.4 Å². The summed E-state index contributed by atoms with van der Waals surface area (Å²) in [5, 5.41) is 9.96. The molecule has 8 nitrogen and oxygen atoms in total. The van der Waals surface area contributed by atoms with Gasteiger partial charge in [0.05, 0.1) is 17.8 Å². The average molecular weight is 440 g/mol. The number of fused-ring (bicyclic) bond motifs is 2. The summed E-state index contributed by atoms with van der Waals surface area (Å²) >= 11 is 1.54. The van der Waals surface area contributed by atoms with Crippen molar-refractivity contribution in [3.63, 3.8) is 0 Å². The summed E-state index contributed by atoms with van der Waals surface area (Å²) < 4.78 is 0. The molecule has 1 atom stereocenters. The van der Waals surface area contributed by atoms with Crippen LogP contribution in [0.2, 0.25) is 0 Å². The zero-order valence-corrected chi connectivity index (χ0v) is 18.0. The van der Waals surface area contributed by atoms with Gasteiger partial charge in [-0.3, -0.25) is 14.4 Å². The fourth-order valence-corrected chi connectivity index (χ4v) is 5.64. The van der Waals surface area contributed by atoms with E-state index >= 15 is 0 Å². The lowest BCUT2D eigenvalue weighted by Crippen LogP contribution is -2.58. The molecule has 0 saturated carbocycles. The maximum atomic E-state index is 12.7. The summed E-state index contributed by atoms with van der Waals surface area (Å²) in [6.07, 6.45) is 5.56. The van der Waals surface area contributed by atoms with Gasteiger partial charge in [-0.1, -0.05) is 12.1 Å². The van der Waals surface area contributed by atoms with E-state index < -0.39 is 5.66 Å². The van der Waals surface area contributed by atoms with Crippen molar-refractivity contribution in [3.05, 3.63) is 40.4 Å². The van der Waals surface area contributed by atoms with Gasteiger partial charge < -0.3 is 20.9 Å². The minimum absolute atomic E-state index is 0.0102. The van der Waals surface area contributed by atoms with Crippen LogP contribution in [0.3, 0.4) is 0 Å². The number of rotatable bonds is 3. The minimum Gasteiger partial charge on any atom is -0.362 e. The van der Waals surface area contributed by atoms with Gasteiger partial charge in [-0.25, -0.2) is 4.98 Å². The van der Waals surface area contributed by atoms with Crippen LogP contribution in [-0.2, 0) is 22.4 Å². The first kappa shape index (κ1) is 20.0. The van der Waals surface area contributed by atoms with Crippen LogP contribution < -0.4 is 16.0 Å².